The second kappa shape index (κ2) is 42.9. The van der Waals surface area contributed by atoms with Gasteiger partial charge in [-0.05, 0) is 5.92 Å². The molecule has 0 rings (SSSR count). The predicted octanol–water partition coefficient (Wildman–Crippen LogP) is 3.33. The molecule has 9 heavy (non-hydrogen) atoms. The molecule has 0 aromatic carbocycles. The van der Waals surface area contributed by atoms with E-state index in [0.717, 1.165) is 5.92 Å². The van der Waals surface area contributed by atoms with Gasteiger partial charge in [0.1, 0.15) is 0 Å². The highest BCUT2D eigenvalue weighted by Gasteiger charge is 1.68. The van der Waals surface area contributed by atoms with Gasteiger partial charge >= 0.3 is 0 Å². The molecule has 0 aromatic heterocycles. The van der Waals surface area contributed by atoms with Crippen LogP contribution in [0.3, 0.4) is 0 Å². The van der Waals surface area contributed by atoms with Crippen LogP contribution in [0.5, 0.6) is 0 Å². The normalized spacial score (nSPS) is 5.33. The van der Waals surface area contributed by atoms with Crippen molar-refractivity contribution in [2.45, 2.75) is 48.5 Å². The topological polar surface area (TPSA) is 0 Å². The molecule has 57 valence electrons. The lowest BCUT2D eigenvalue weighted by Gasteiger charge is -1.79. The van der Waals surface area contributed by atoms with Gasteiger partial charge in [-0.2, -0.15) is 0 Å². The lowest BCUT2D eigenvalue weighted by Crippen LogP contribution is -1.66. The minimum Gasteiger partial charge on any atom is -0.0683 e. The zero-order valence-corrected chi connectivity index (χ0v) is 8.15. The number of rotatable bonds is 0. The standard InChI is InChI=1S/C4H10.2C2H6.B/c1-4(2)3;2*1-2;/h4H,1-3H3;2*1-2H3;. The lowest BCUT2D eigenvalue weighted by molar-refractivity contribution is 0.737. The molecule has 0 saturated carbocycles. The molecule has 0 unspecified atom stereocenters. The lowest BCUT2D eigenvalue weighted by atomic mass is 10.3. The minimum absolute atomic E-state index is 0. The van der Waals surface area contributed by atoms with Crippen LogP contribution in [-0.4, -0.2) is 8.41 Å². The number of hydrogen-bond donors (Lipinski definition) is 0. The summed E-state index contributed by atoms with van der Waals surface area (Å²) < 4.78 is 0. The first-order valence-corrected chi connectivity index (χ1v) is 3.73. The maximum Gasteiger partial charge on any atom is 0 e. The Morgan fingerprint density at radius 2 is 0.667 bits per heavy atom. The summed E-state index contributed by atoms with van der Waals surface area (Å²) in [4.78, 5) is 0. The Morgan fingerprint density at radius 1 is 0.667 bits per heavy atom. The van der Waals surface area contributed by atoms with Gasteiger partial charge in [-0.25, -0.2) is 0 Å². The van der Waals surface area contributed by atoms with E-state index in [9.17, 15) is 0 Å². The molecule has 0 aliphatic heterocycles. The quantitative estimate of drug-likeness (QED) is 0.440. The Bertz CT molecular complexity index is 9.28. The highest BCUT2D eigenvalue weighted by molar-refractivity contribution is 5.75. The maximum absolute atomic E-state index is 2.17. The van der Waals surface area contributed by atoms with Crippen LogP contribution in [0.4, 0.5) is 0 Å². The summed E-state index contributed by atoms with van der Waals surface area (Å²) in [7, 11) is 0. The van der Waals surface area contributed by atoms with Crippen molar-refractivity contribution >= 4 is 8.41 Å². The average molecular weight is 129 g/mol. The molecular weight excluding hydrogens is 107 g/mol. The third kappa shape index (κ3) is 70400. The van der Waals surface area contributed by atoms with Crippen LogP contribution in [0, 0.1) is 5.92 Å². The van der Waals surface area contributed by atoms with Crippen molar-refractivity contribution in [1.29, 1.82) is 0 Å². The minimum atomic E-state index is 0. The maximum atomic E-state index is 2.17. The van der Waals surface area contributed by atoms with Gasteiger partial charge in [0.05, 0.1) is 0 Å². The highest BCUT2D eigenvalue weighted by atomic mass is 13.7. The molecule has 1 heteroatoms. The van der Waals surface area contributed by atoms with Crippen molar-refractivity contribution in [3.8, 4) is 0 Å². The van der Waals surface area contributed by atoms with Crippen molar-refractivity contribution in [3.63, 3.8) is 0 Å². The van der Waals surface area contributed by atoms with Crippen LogP contribution in [-0.2, 0) is 0 Å². The summed E-state index contributed by atoms with van der Waals surface area (Å²) >= 11 is 0. The Hall–Kier alpha value is 0.0649. The molecule has 0 spiro atoms. The molecule has 0 bridgehead atoms. The van der Waals surface area contributed by atoms with Gasteiger partial charge in [0.25, 0.3) is 0 Å². The van der Waals surface area contributed by atoms with Crippen molar-refractivity contribution < 1.29 is 0 Å². The number of hydrogen-bond acceptors (Lipinski definition) is 0. The van der Waals surface area contributed by atoms with Gasteiger partial charge in [0, 0.05) is 8.41 Å². The predicted molar refractivity (Wildman–Crippen MR) is 49.0 cm³/mol. The van der Waals surface area contributed by atoms with E-state index in [2.05, 4.69) is 20.8 Å². The average Bonchev–Trinajstić information content (AvgIpc) is 1.75. The van der Waals surface area contributed by atoms with Crippen LogP contribution in [0.15, 0.2) is 0 Å². The SMILES string of the molecule is CC.CC.CC(C)C.[B]. The molecule has 0 nitrogen and oxygen atoms in total. The van der Waals surface area contributed by atoms with E-state index in [1.54, 1.807) is 0 Å². The van der Waals surface area contributed by atoms with Gasteiger partial charge in [-0.1, -0.05) is 48.5 Å². The Labute approximate surface area is 63.6 Å². The summed E-state index contributed by atoms with van der Waals surface area (Å²) in [5.41, 5.74) is 0. The van der Waals surface area contributed by atoms with Crippen LogP contribution in [0.2, 0.25) is 0 Å². The molecular formula is C8H22B. The zero-order valence-electron chi connectivity index (χ0n) is 8.15. The fourth-order valence-electron chi connectivity index (χ4n) is 0. The Balaban J connectivity index is -0.0000000221. The van der Waals surface area contributed by atoms with Gasteiger partial charge < -0.3 is 0 Å². The first-order chi connectivity index (χ1) is 3.73. The van der Waals surface area contributed by atoms with Crippen LogP contribution in [0.1, 0.15) is 48.5 Å². The second-order valence-electron chi connectivity index (χ2n) is 1.73. The molecule has 0 aliphatic carbocycles. The summed E-state index contributed by atoms with van der Waals surface area (Å²) in [6.07, 6.45) is 0. The van der Waals surface area contributed by atoms with Crippen molar-refractivity contribution in [2.24, 2.45) is 5.92 Å². The van der Waals surface area contributed by atoms with E-state index in [0.29, 0.717) is 0 Å². The molecule has 0 N–H and O–H groups in total. The smallest absolute Gasteiger partial charge is 0 e. The van der Waals surface area contributed by atoms with Crippen LogP contribution < -0.4 is 0 Å². The molecule has 0 fully saturated rings. The van der Waals surface area contributed by atoms with Gasteiger partial charge in [0.15, 0.2) is 0 Å². The highest BCUT2D eigenvalue weighted by Crippen LogP contribution is 1.81. The van der Waals surface area contributed by atoms with Crippen LogP contribution in [0.25, 0.3) is 0 Å². The molecule has 0 saturated heterocycles. The van der Waals surface area contributed by atoms with Gasteiger partial charge in [0.2, 0.25) is 0 Å². The molecule has 0 amide bonds. The fourth-order valence-corrected chi connectivity index (χ4v) is 0. The van der Waals surface area contributed by atoms with E-state index < -0.39 is 0 Å². The van der Waals surface area contributed by atoms with E-state index in [4.69, 9.17) is 0 Å². The van der Waals surface area contributed by atoms with Crippen LogP contribution >= 0.6 is 0 Å². The molecule has 0 aromatic rings. The monoisotopic (exact) mass is 129 g/mol. The van der Waals surface area contributed by atoms with E-state index in [1.165, 1.54) is 0 Å². The molecule has 0 aliphatic rings. The molecule has 3 radical (unpaired) electrons. The first-order valence-electron chi connectivity index (χ1n) is 3.73. The van der Waals surface area contributed by atoms with Gasteiger partial charge in [-0.3, -0.25) is 0 Å². The fraction of sp³-hybridized carbons (Fsp3) is 1.00. The Morgan fingerprint density at radius 3 is 0.667 bits per heavy atom. The third-order valence-corrected chi connectivity index (χ3v) is 0. The molecule has 0 heterocycles. The van der Waals surface area contributed by atoms with E-state index in [1.807, 2.05) is 27.7 Å². The van der Waals surface area contributed by atoms with Gasteiger partial charge in [-0.15, -0.1) is 0 Å². The molecule has 0 atom stereocenters. The largest absolute Gasteiger partial charge is 0.0683 e. The van der Waals surface area contributed by atoms with Crippen molar-refractivity contribution in [2.75, 3.05) is 0 Å². The first kappa shape index (κ1) is 23.0. The summed E-state index contributed by atoms with van der Waals surface area (Å²) in [5, 5.41) is 0. The zero-order chi connectivity index (χ0) is 7.58. The third-order valence-electron chi connectivity index (χ3n) is 0. The second-order valence-corrected chi connectivity index (χ2v) is 1.73. The summed E-state index contributed by atoms with van der Waals surface area (Å²) in [6, 6.07) is 0. The van der Waals surface area contributed by atoms with Crippen molar-refractivity contribution in [3.05, 3.63) is 0 Å². The van der Waals surface area contributed by atoms with E-state index >= 15 is 0 Å². The summed E-state index contributed by atoms with van der Waals surface area (Å²) in [5.74, 6) is 0.833. The summed E-state index contributed by atoms with van der Waals surface area (Å²) in [6.45, 7) is 14.5. The van der Waals surface area contributed by atoms with Crippen molar-refractivity contribution in [1.82, 2.24) is 0 Å². The van der Waals surface area contributed by atoms with E-state index in [-0.39, 0.29) is 8.41 Å². The Kier molecular flexibility index (Phi) is 109.